The van der Waals surface area contributed by atoms with E-state index in [-0.39, 0.29) is 41.4 Å². The van der Waals surface area contributed by atoms with E-state index in [9.17, 15) is 4.79 Å². The number of carbonyl (C=O) groups excluding carboxylic acids is 1. The number of ether oxygens (including phenoxy) is 4. The number of methoxy groups -OCH3 is 1. The van der Waals surface area contributed by atoms with E-state index in [2.05, 4.69) is 26.8 Å². The quantitative estimate of drug-likeness (QED) is 0.276. The zero-order chi connectivity index (χ0) is 18.9. The summed E-state index contributed by atoms with van der Waals surface area (Å²) in [6.45, 7) is 7.08. The Labute approximate surface area is 161 Å². The average molecular weight is 387 g/mol. The fraction of sp³-hybridized carbons (Fsp3) is 0.850. The van der Waals surface area contributed by atoms with Crippen LogP contribution in [0.5, 0.6) is 0 Å². The topological polar surface area (TPSA) is 60.6 Å². The standard InChI is InChI=1S/C20H31ClO5/c1-13(2)7-8-15-19(3,26-15)18-17(23-4)14(9-10-20(18)12-24-20)25-16(22)6-5-11-21/h7,14-15,17-18H,5-6,8-12H2,1-4H3/t14-,15-,17-,18-,19+,20+/m1/s1. The van der Waals surface area contributed by atoms with Gasteiger partial charge in [0.15, 0.2) is 0 Å². The molecule has 2 heterocycles. The summed E-state index contributed by atoms with van der Waals surface area (Å²) in [5.74, 6) is 0.326. The summed E-state index contributed by atoms with van der Waals surface area (Å²) in [4.78, 5) is 12.1. The minimum atomic E-state index is -0.301. The van der Waals surface area contributed by atoms with Crippen LogP contribution >= 0.6 is 11.6 Å². The van der Waals surface area contributed by atoms with E-state index < -0.39 is 0 Å². The molecule has 0 unspecified atom stereocenters. The van der Waals surface area contributed by atoms with Gasteiger partial charge < -0.3 is 18.9 Å². The fourth-order valence-electron chi connectivity index (χ4n) is 4.51. The summed E-state index contributed by atoms with van der Waals surface area (Å²) in [7, 11) is 1.69. The normalized spacial score (nSPS) is 41.0. The van der Waals surface area contributed by atoms with E-state index in [1.807, 2.05) is 0 Å². The lowest BCUT2D eigenvalue weighted by molar-refractivity contribution is -0.171. The third kappa shape index (κ3) is 3.96. The number of alkyl halides is 1. The van der Waals surface area contributed by atoms with Gasteiger partial charge in [0.05, 0.1) is 18.6 Å². The van der Waals surface area contributed by atoms with Crippen LogP contribution in [0.1, 0.15) is 52.9 Å². The van der Waals surface area contributed by atoms with E-state index in [4.69, 9.17) is 30.5 Å². The zero-order valence-corrected chi connectivity index (χ0v) is 17.0. The van der Waals surface area contributed by atoms with Crippen LogP contribution in [0.15, 0.2) is 11.6 Å². The van der Waals surface area contributed by atoms with E-state index in [0.29, 0.717) is 18.7 Å². The molecule has 1 spiro atoms. The van der Waals surface area contributed by atoms with E-state index in [1.165, 1.54) is 5.57 Å². The van der Waals surface area contributed by atoms with E-state index >= 15 is 0 Å². The highest BCUT2D eigenvalue weighted by Crippen LogP contribution is 2.59. The molecule has 5 nitrogen and oxygen atoms in total. The molecule has 2 aliphatic heterocycles. The summed E-state index contributed by atoms with van der Waals surface area (Å²) < 4.78 is 23.7. The number of hydrogen-bond acceptors (Lipinski definition) is 5. The van der Waals surface area contributed by atoms with Crippen LogP contribution in [0.3, 0.4) is 0 Å². The van der Waals surface area contributed by atoms with Crippen molar-refractivity contribution in [3.8, 4) is 0 Å². The van der Waals surface area contributed by atoms with Gasteiger partial charge in [-0.1, -0.05) is 11.6 Å². The summed E-state index contributed by atoms with van der Waals surface area (Å²) in [5.41, 5.74) is 0.803. The third-order valence-corrected chi connectivity index (χ3v) is 6.30. The van der Waals surface area contributed by atoms with Gasteiger partial charge in [-0.05, 0) is 46.5 Å². The van der Waals surface area contributed by atoms with Gasteiger partial charge in [-0.25, -0.2) is 0 Å². The zero-order valence-electron chi connectivity index (χ0n) is 16.3. The van der Waals surface area contributed by atoms with Crippen LogP contribution in [0.4, 0.5) is 0 Å². The summed E-state index contributed by atoms with van der Waals surface area (Å²) in [5, 5.41) is 0. The van der Waals surface area contributed by atoms with E-state index in [0.717, 1.165) is 25.9 Å². The largest absolute Gasteiger partial charge is 0.460 e. The highest BCUT2D eigenvalue weighted by molar-refractivity contribution is 6.17. The molecule has 0 aromatic carbocycles. The van der Waals surface area contributed by atoms with Gasteiger partial charge in [0.25, 0.3) is 0 Å². The second kappa shape index (κ2) is 7.78. The molecule has 3 aliphatic rings. The van der Waals surface area contributed by atoms with Gasteiger partial charge in [0, 0.05) is 19.4 Å². The number of epoxide rings is 2. The highest BCUT2D eigenvalue weighted by atomic mass is 35.5. The van der Waals surface area contributed by atoms with Crippen molar-refractivity contribution in [1.29, 1.82) is 0 Å². The van der Waals surface area contributed by atoms with Crippen molar-refractivity contribution < 1.29 is 23.7 Å². The van der Waals surface area contributed by atoms with Crippen molar-refractivity contribution >= 4 is 17.6 Å². The number of hydrogen-bond donors (Lipinski definition) is 0. The molecular formula is C20H31ClO5. The number of esters is 1. The van der Waals surface area contributed by atoms with Crippen LogP contribution in [0.25, 0.3) is 0 Å². The molecule has 6 heteroatoms. The van der Waals surface area contributed by atoms with Crippen LogP contribution in [0, 0.1) is 5.92 Å². The molecule has 2 saturated heterocycles. The lowest BCUT2D eigenvalue weighted by Gasteiger charge is -2.42. The number of carbonyl (C=O) groups is 1. The maximum absolute atomic E-state index is 12.1. The lowest BCUT2D eigenvalue weighted by atomic mass is 9.68. The number of allylic oxidation sites excluding steroid dienone is 1. The Morgan fingerprint density at radius 3 is 2.69 bits per heavy atom. The van der Waals surface area contributed by atoms with Crippen LogP contribution in [-0.4, -0.2) is 55.1 Å². The number of halogens is 1. The van der Waals surface area contributed by atoms with Crippen LogP contribution < -0.4 is 0 Å². The minimum Gasteiger partial charge on any atom is -0.460 e. The Hall–Kier alpha value is -0.620. The first-order chi connectivity index (χ1) is 12.4. The van der Waals surface area contributed by atoms with Crippen molar-refractivity contribution in [2.75, 3.05) is 19.6 Å². The Kier molecular flexibility index (Phi) is 6.02. The molecule has 1 saturated carbocycles. The smallest absolute Gasteiger partial charge is 0.306 e. The van der Waals surface area contributed by atoms with Gasteiger partial charge in [0.2, 0.25) is 0 Å². The molecule has 0 N–H and O–H groups in total. The van der Waals surface area contributed by atoms with Gasteiger partial charge in [-0.15, -0.1) is 11.6 Å². The average Bonchev–Trinajstić information content (AvgIpc) is 3.50. The van der Waals surface area contributed by atoms with Crippen molar-refractivity contribution in [1.82, 2.24) is 0 Å². The summed E-state index contributed by atoms with van der Waals surface area (Å²) in [6.07, 6.45) is 5.40. The van der Waals surface area contributed by atoms with Gasteiger partial charge in [-0.2, -0.15) is 0 Å². The van der Waals surface area contributed by atoms with Crippen molar-refractivity contribution in [3.63, 3.8) is 0 Å². The predicted octanol–water partition coefficient (Wildman–Crippen LogP) is 3.63. The minimum absolute atomic E-state index is 0.0649. The number of rotatable bonds is 8. The van der Waals surface area contributed by atoms with Crippen LogP contribution in [-0.2, 0) is 23.7 Å². The molecule has 148 valence electrons. The molecule has 0 radical (unpaired) electrons. The first-order valence-corrected chi connectivity index (χ1v) is 10.1. The molecule has 0 aromatic heterocycles. The van der Waals surface area contributed by atoms with Crippen LogP contribution in [0.2, 0.25) is 0 Å². The Morgan fingerprint density at radius 1 is 1.38 bits per heavy atom. The molecule has 3 rings (SSSR count). The molecule has 1 aliphatic carbocycles. The summed E-state index contributed by atoms with van der Waals surface area (Å²) in [6, 6.07) is 0. The molecule has 0 amide bonds. The van der Waals surface area contributed by atoms with Gasteiger partial charge in [-0.3, -0.25) is 4.79 Å². The lowest BCUT2D eigenvalue weighted by Crippen LogP contribution is -2.55. The Balaban J connectivity index is 1.72. The first-order valence-electron chi connectivity index (χ1n) is 9.59. The molecule has 26 heavy (non-hydrogen) atoms. The second-order valence-corrected chi connectivity index (χ2v) is 8.58. The molecular weight excluding hydrogens is 356 g/mol. The summed E-state index contributed by atoms with van der Waals surface area (Å²) >= 11 is 5.68. The van der Waals surface area contributed by atoms with E-state index in [1.54, 1.807) is 7.11 Å². The predicted molar refractivity (Wildman–Crippen MR) is 99.4 cm³/mol. The third-order valence-electron chi connectivity index (χ3n) is 6.03. The highest BCUT2D eigenvalue weighted by Gasteiger charge is 2.72. The SMILES string of the molecule is CO[C@@H]1[C@H](OC(=O)CCCCl)CC[C@]2(CO2)[C@H]1[C@@]1(C)O[C@@H]1CC=C(C)C. The maximum atomic E-state index is 12.1. The molecule has 3 fully saturated rings. The second-order valence-electron chi connectivity index (χ2n) is 8.20. The van der Waals surface area contributed by atoms with Gasteiger partial charge in [0.1, 0.15) is 23.4 Å². The van der Waals surface area contributed by atoms with Gasteiger partial charge >= 0.3 is 5.97 Å². The molecule has 0 aromatic rings. The van der Waals surface area contributed by atoms with Crippen molar-refractivity contribution in [2.45, 2.75) is 82.4 Å². The monoisotopic (exact) mass is 386 g/mol. The Morgan fingerprint density at radius 2 is 2.12 bits per heavy atom. The Bertz CT molecular complexity index is 554. The van der Waals surface area contributed by atoms with Crippen molar-refractivity contribution in [2.24, 2.45) is 5.92 Å². The molecule has 0 bridgehead atoms. The fourth-order valence-corrected chi connectivity index (χ4v) is 4.64. The van der Waals surface area contributed by atoms with Crippen molar-refractivity contribution in [3.05, 3.63) is 11.6 Å². The molecule has 6 atom stereocenters. The first kappa shape index (κ1) is 20.1. The maximum Gasteiger partial charge on any atom is 0.306 e.